The zero-order chi connectivity index (χ0) is 21.8. The molecular formula is C19H20BrCl2FN4O3. The van der Waals surface area contributed by atoms with Gasteiger partial charge in [-0.15, -0.1) is 0 Å². The van der Waals surface area contributed by atoms with E-state index in [1.807, 2.05) is 25.7 Å². The van der Waals surface area contributed by atoms with Crippen LogP contribution in [0.25, 0.3) is 10.9 Å². The van der Waals surface area contributed by atoms with Crippen molar-refractivity contribution in [3.8, 4) is 5.75 Å². The van der Waals surface area contributed by atoms with Crippen LogP contribution in [0, 0.1) is 5.82 Å². The van der Waals surface area contributed by atoms with Crippen LogP contribution in [0.2, 0.25) is 10.3 Å². The Balaban J connectivity index is 1.77. The molecule has 1 aromatic heterocycles. The number of hydrogen-bond donors (Lipinski definition) is 0. The van der Waals surface area contributed by atoms with E-state index >= 15 is 0 Å². The molecular weight excluding hydrogens is 502 g/mol. The second-order valence-corrected chi connectivity index (χ2v) is 9.73. The summed E-state index contributed by atoms with van der Waals surface area (Å²) in [5, 5.41) is 0.420. The summed E-state index contributed by atoms with van der Waals surface area (Å²) in [6, 6.07) is -0.112. The number of benzene rings is 1. The average Bonchev–Trinajstić information content (AvgIpc) is 2.65. The predicted molar refractivity (Wildman–Crippen MR) is 116 cm³/mol. The number of ether oxygens (including phenoxy) is 2. The lowest BCUT2D eigenvalue weighted by atomic mass is 10.1. The summed E-state index contributed by atoms with van der Waals surface area (Å²) in [6.07, 6.45) is 0.238. The highest BCUT2D eigenvalue weighted by Crippen LogP contribution is 2.46. The van der Waals surface area contributed by atoms with Crippen LogP contribution in [0.5, 0.6) is 5.75 Å². The van der Waals surface area contributed by atoms with E-state index in [9.17, 15) is 9.18 Å². The number of nitrogens with zero attached hydrogens (tertiary/aromatic N) is 4. The number of fused-ring (bicyclic) bond motifs is 2. The number of piperazine rings is 1. The molecule has 1 atom stereocenters. The van der Waals surface area contributed by atoms with Crippen LogP contribution < -0.4 is 9.64 Å². The average molecular weight is 522 g/mol. The van der Waals surface area contributed by atoms with Gasteiger partial charge in [0.15, 0.2) is 11.6 Å². The summed E-state index contributed by atoms with van der Waals surface area (Å²) in [4.78, 5) is 24.7. The molecule has 1 saturated heterocycles. The monoisotopic (exact) mass is 520 g/mol. The molecule has 1 fully saturated rings. The van der Waals surface area contributed by atoms with E-state index in [1.165, 1.54) is 0 Å². The molecule has 0 bridgehead atoms. The first-order valence-electron chi connectivity index (χ1n) is 9.48. The third kappa shape index (κ3) is 3.87. The molecule has 0 unspecified atom stereocenters. The maximum absolute atomic E-state index is 14.9. The predicted octanol–water partition coefficient (Wildman–Crippen LogP) is 5.05. The van der Waals surface area contributed by atoms with Crippen molar-refractivity contribution in [1.29, 1.82) is 0 Å². The minimum absolute atomic E-state index is 0.0338. The van der Waals surface area contributed by atoms with Gasteiger partial charge in [0.05, 0.1) is 22.5 Å². The van der Waals surface area contributed by atoms with Crippen molar-refractivity contribution in [3.63, 3.8) is 0 Å². The second kappa shape index (κ2) is 7.84. The summed E-state index contributed by atoms with van der Waals surface area (Å²) in [5.74, 6) is 0.138. The van der Waals surface area contributed by atoms with Crippen LogP contribution >= 0.6 is 39.1 Å². The third-order valence-corrected chi connectivity index (χ3v) is 6.49. The molecule has 0 saturated carbocycles. The van der Waals surface area contributed by atoms with Crippen molar-refractivity contribution >= 4 is 61.9 Å². The van der Waals surface area contributed by atoms with Gasteiger partial charge in [0.1, 0.15) is 22.0 Å². The molecule has 11 heteroatoms. The van der Waals surface area contributed by atoms with Crippen LogP contribution in [0.4, 0.5) is 15.0 Å². The molecule has 162 valence electrons. The topological polar surface area (TPSA) is 67.8 Å². The fraction of sp³-hybridized carbons (Fsp3) is 0.526. The number of amides is 1. The van der Waals surface area contributed by atoms with Gasteiger partial charge in [-0.3, -0.25) is 0 Å². The Morgan fingerprint density at radius 2 is 2.03 bits per heavy atom. The maximum Gasteiger partial charge on any atom is 0.410 e. The van der Waals surface area contributed by atoms with Crippen LogP contribution in [0.15, 0.2) is 4.47 Å². The molecule has 7 nitrogen and oxygen atoms in total. The van der Waals surface area contributed by atoms with Crippen molar-refractivity contribution in [2.45, 2.75) is 38.8 Å². The van der Waals surface area contributed by atoms with Gasteiger partial charge in [-0.25, -0.2) is 14.2 Å². The van der Waals surface area contributed by atoms with E-state index < -0.39 is 11.4 Å². The summed E-state index contributed by atoms with van der Waals surface area (Å²) in [6.45, 7) is 7.15. The zero-order valence-electron chi connectivity index (χ0n) is 16.6. The molecule has 2 aliphatic rings. The first kappa shape index (κ1) is 21.6. The van der Waals surface area contributed by atoms with Gasteiger partial charge in [-0.2, -0.15) is 4.98 Å². The standard InChI is InChI=1S/C19H20BrCl2FN4O3/c1-19(2,3)30-18(28)26-5-6-27-9(8-26)4-7-29-15-10-14(13(23)11(20)12(15)21)24-17(22)25-16(10)27/h9H,4-8H2,1-3H3/t9-/m0/s1. The van der Waals surface area contributed by atoms with Crippen molar-refractivity contribution in [1.82, 2.24) is 14.9 Å². The maximum atomic E-state index is 14.9. The van der Waals surface area contributed by atoms with Crippen LogP contribution in [-0.2, 0) is 4.74 Å². The van der Waals surface area contributed by atoms with E-state index in [0.29, 0.717) is 49.6 Å². The molecule has 1 aromatic carbocycles. The van der Waals surface area contributed by atoms with E-state index in [1.54, 1.807) is 4.90 Å². The van der Waals surface area contributed by atoms with Gasteiger partial charge < -0.3 is 19.3 Å². The first-order chi connectivity index (χ1) is 14.1. The van der Waals surface area contributed by atoms with E-state index in [0.717, 1.165) is 0 Å². The number of carbonyl (C=O) groups excluding carboxylic acids is 1. The van der Waals surface area contributed by atoms with Gasteiger partial charge >= 0.3 is 6.09 Å². The van der Waals surface area contributed by atoms with Gasteiger partial charge in [0.25, 0.3) is 0 Å². The van der Waals surface area contributed by atoms with Crippen molar-refractivity contribution < 1.29 is 18.7 Å². The Morgan fingerprint density at radius 3 is 2.73 bits per heavy atom. The van der Waals surface area contributed by atoms with Gasteiger partial charge in [0, 0.05) is 26.1 Å². The van der Waals surface area contributed by atoms with Crippen LogP contribution in [0.3, 0.4) is 0 Å². The molecule has 0 N–H and O–H groups in total. The molecule has 4 rings (SSSR count). The summed E-state index contributed by atoms with van der Waals surface area (Å²) in [7, 11) is 0. The highest BCUT2D eigenvalue weighted by molar-refractivity contribution is 9.10. The number of halogens is 4. The van der Waals surface area contributed by atoms with Crippen molar-refractivity contribution in [2.75, 3.05) is 31.1 Å². The normalized spacial score (nSPS) is 19.1. The summed E-state index contributed by atoms with van der Waals surface area (Å²) in [5.41, 5.74) is -0.544. The van der Waals surface area contributed by atoms with Gasteiger partial charge in [0.2, 0.25) is 5.28 Å². The quantitative estimate of drug-likeness (QED) is 0.357. The van der Waals surface area contributed by atoms with Gasteiger partial charge in [-0.05, 0) is 48.3 Å². The lowest BCUT2D eigenvalue weighted by Crippen LogP contribution is -2.56. The Labute approximate surface area is 191 Å². The third-order valence-electron chi connectivity index (χ3n) is 4.99. The van der Waals surface area contributed by atoms with Crippen LogP contribution in [-0.4, -0.2) is 58.8 Å². The molecule has 30 heavy (non-hydrogen) atoms. The molecule has 3 heterocycles. The van der Waals surface area contributed by atoms with Crippen LogP contribution in [0.1, 0.15) is 27.2 Å². The van der Waals surface area contributed by atoms with E-state index in [4.69, 9.17) is 32.7 Å². The number of rotatable bonds is 0. The van der Waals surface area contributed by atoms with Crippen molar-refractivity contribution in [3.05, 3.63) is 20.6 Å². The van der Waals surface area contributed by atoms with E-state index in [-0.39, 0.29) is 32.4 Å². The highest BCUT2D eigenvalue weighted by Gasteiger charge is 2.36. The SMILES string of the molecule is CC(C)(C)OC(=O)N1CCN2c3nc(Cl)nc4c(F)c(Br)c(Cl)c(c34)OCC[C@H]2C1. The summed E-state index contributed by atoms with van der Waals surface area (Å²) < 4.78 is 26.4. The Bertz CT molecular complexity index is 1030. The molecule has 0 radical (unpaired) electrons. The molecule has 2 aliphatic heterocycles. The second-order valence-electron chi connectivity index (χ2n) is 8.22. The highest BCUT2D eigenvalue weighted by atomic mass is 79.9. The number of aromatic nitrogens is 2. The van der Waals surface area contributed by atoms with Crippen molar-refractivity contribution in [2.24, 2.45) is 0 Å². The fourth-order valence-electron chi connectivity index (χ4n) is 3.71. The number of carbonyl (C=O) groups is 1. The first-order valence-corrected chi connectivity index (χ1v) is 11.0. The molecule has 1 amide bonds. The summed E-state index contributed by atoms with van der Waals surface area (Å²) >= 11 is 15.7. The Morgan fingerprint density at radius 1 is 1.30 bits per heavy atom. The molecule has 0 aliphatic carbocycles. The fourth-order valence-corrected chi connectivity index (χ4v) is 4.48. The zero-order valence-corrected chi connectivity index (χ0v) is 19.7. The lowest BCUT2D eigenvalue weighted by molar-refractivity contribution is 0.0207. The smallest absolute Gasteiger partial charge is 0.410 e. The molecule has 0 spiro atoms. The van der Waals surface area contributed by atoms with Gasteiger partial charge in [-0.1, -0.05) is 11.6 Å². The Hall–Kier alpha value is -1.58. The number of hydrogen-bond acceptors (Lipinski definition) is 6. The molecule has 2 aromatic rings. The van der Waals surface area contributed by atoms with E-state index in [2.05, 4.69) is 25.9 Å². The number of anilines is 1. The largest absolute Gasteiger partial charge is 0.491 e. The lowest BCUT2D eigenvalue weighted by Gasteiger charge is -2.43. The minimum Gasteiger partial charge on any atom is -0.491 e. The minimum atomic E-state index is -0.627. The Kier molecular flexibility index (Phi) is 5.65.